The van der Waals surface area contributed by atoms with Gasteiger partial charge in [0.25, 0.3) is 0 Å². The van der Waals surface area contributed by atoms with Crippen molar-refractivity contribution in [1.82, 2.24) is 10.3 Å². The maximum atomic E-state index is 13.2. The third-order valence-electron chi connectivity index (χ3n) is 4.02. The molecule has 23 heavy (non-hydrogen) atoms. The van der Waals surface area contributed by atoms with Crippen molar-refractivity contribution in [3.8, 4) is 0 Å². The molecule has 2 unspecified atom stereocenters. The SMILES string of the molecule is O=C(NCC(c1ccc(F)cc1)c1ccccn1)C1CCCO1. The minimum absolute atomic E-state index is 0.0921. The molecule has 1 amide bonds. The van der Waals surface area contributed by atoms with Crippen LogP contribution in [-0.4, -0.2) is 30.1 Å². The summed E-state index contributed by atoms with van der Waals surface area (Å²) in [5.74, 6) is -0.496. The van der Waals surface area contributed by atoms with Gasteiger partial charge in [-0.15, -0.1) is 0 Å². The van der Waals surface area contributed by atoms with E-state index < -0.39 is 0 Å². The number of benzene rings is 1. The van der Waals surface area contributed by atoms with E-state index in [0.29, 0.717) is 13.2 Å². The van der Waals surface area contributed by atoms with Gasteiger partial charge >= 0.3 is 0 Å². The first-order valence-corrected chi connectivity index (χ1v) is 7.80. The van der Waals surface area contributed by atoms with Gasteiger partial charge in [-0.1, -0.05) is 18.2 Å². The summed E-state index contributed by atoms with van der Waals surface area (Å²) in [5.41, 5.74) is 1.75. The third kappa shape index (κ3) is 3.93. The number of aromatic nitrogens is 1. The van der Waals surface area contributed by atoms with Gasteiger partial charge in [0.2, 0.25) is 5.91 Å². The summed E-state index contributed by atoms with van der Waals surface area (Å²) in [6, 6.07) is 12.0. The van der Waals surface area contributed by atoms with Crippen LogP contribution in [-0.2, 0) is 9.53 Å². The molecule has 3 rings (SSSR count). The van der Waals surface area contributed by atoms with E-state index >= 15 is 0 Å². The minimum atomic E-state index is -0.354. The molecule has 2 heterocycles. The van der Waals surface area contributed by atoms with Crippen LogP contribution in [0.4, 0.5) is 4.39 Å². The minimum Gasteiger partial charge on any atom is -0.368 e. The predicted molar refractivity (Wildman–Crippen MR) is 84.5 cm³/mol. The summed E-state index contributed by atoms with van der Waals surface area (Å²) in [6.07, 6.45) is 3.04. The van der Waals surface area contributed by atoms with Crippen LogP contribution in [0.1, 0.15) is 30.0 Å². The monoisotopic (exact) mass is 314 g/mol. The summed E-state index contributed by atoms with van der Waals surface area (Å²) in [7, 11) is 0. The molecular formula is C18H19FN2O2. The Balaban J connectivity index is 1.75. The predicted octanol–water partition coefficient (Wildman–Crippen LogP) is 2.65. The summed E-state index contributed by atoms with van der Waals surface area (Å²) in [6.45, 7) is 1.04. The molecule has 4 nitrogen and oxygen atoms in total. The van der Waals surface area contributed by atoms with Gasteiger partial charge < -0.3 is 10.1 Å². The zero-order valence-electron chi connectivity index (χ0n) is 12.7. The normalized spacial score (nSPS) is 18.6. The van der Waals surface area contributed by atoms with Gasteiger partial charge in [-0.25, -0.2) is 4.39 Å². The number of ether oxygens (including phenoxy) is 1. The van der Waals surface area contributed by atoms with Crippen LogP contribution in [0.15, 0.2) is 48.7 Å². The maximum Gasteiger partial charge on any atom is 0.249 e. The van der Waals surface area contributed by atoms with E-state index in [9.17, 15) is 9.18 Å². The Hall–Kier alpha value is -2.27. The Morgan fingerprint density at radius 2 is 2.13 bits per heavy atom. The largest absolute Gasteiger partial charge is 0.368 e. The third-order valence-corrected chi connectivity index (χ3v) is 4.02. The molecule has 1 aliphatic rings. The van der Waals surface area contributed by atoms with Gasteiger partial charge in [-0.3, -0.25) is 9.78 Å². The summed E-state index contributed by atoms with van der Waals surface area (Å²) < 4.78 is 18.6. The van der Waals surface area contributed by atoms with Crippen molar-refractivity contribution in [3.63, 3.8) is 0 Å². The van der Waals surface area contributed by atoms with Gasteiger partial charge in [0.1, 0.15) is 11.9 Å². The second kappa shape index (κ2) is 7.33. The molecule has 2 atom stereocenters. The number of amides is 1. The molecule has 0 radical (unpaired) electrons. The van der Waals surface area contributed by atoms with E-state index in [2.05, 4.69) is 10.3 Å². The first kappa shape index (κ1) is 15.6. The smallest absolute Gasteiger partial charge is 0.249 e. The van der Waals surface area contributed by atoms with E-state index in [1.807, 2.05) is 18.2 Å². The highest BCUT2D eigenvalue weighted by molar-refractivity contribution is 5.81. The highest BCUT2D eigenvalue weighted by Crippen LogP contribution is 2.23. The summed E-state index contributed by atoms with van der Waals surface area (Å²) in [4.78, 5) is 16.5. The Morgan fingerprint density at radius 1 is 1.30 bits per heavy atom. The van der Waals surface area contributed by atoms with Gasteiger partial charge in [-0.2, -0.15) is 0 Å². The van der Waals surface area contributed by atoms with Gasteiger partial charge in [0.15, 0.2) is 0 Å². The van der Waals surface area contributed by atoms with Crippen LogP contribution in [0, 0.1) is 5.82 Å². The van der Waals surface area contributed by atoms with Crippen molar-refractivity contribution in [2.24, 2.45) is 0 Å². The molecule has 2 aromatic rings. The molecule has 1 N–H and O–H groups in total. The van der Waals surface area contributed by atoms with Crippen LogP contribution in [0.2, 0.25) is 0 Å². The molecule has 120 valence electrons. The lowest BCUT2D eigenvalue weighted by Gasteiger charge is -2.19. The first-order valence-electron chi connectivity index (χ1n) is 7.80. The van der Waals surface area contributed by atoms with Crippen LogP contribution in [0.5, 0.6) is 0 Å². The summed E-state index contributed by atoms with van der Waals surface area (Å²) >= 11 is 0. The number of carbonyl (C=O) groups excluding carboxylic acids is 1. The fraction of sp³-hybridized carbons (Fsp3) is 0.333. The Morgan fingerprint density at radius 3 is 2.78 bits per heavy atom. The van der Waals surface area contributed by atoms with Crippen LogP contribution >= 0.6 is 0 Å². The Kier molecular flexibility index (Phi) is 4.98. The fourth-order valence-electron chi connectivity index (χ4n) is 2.77. The number of hydrogen-bond acceptors (Lipinski definition) is 3. The van der Waals surface area contributed by atoms with Crippen molar-refractivity contribution >= 4 is 5.91 Å². The van der Waals surface area contributed by atoms with Crippen molar-refractivity contribution in [2.45, 2.75) is 24.9 Å². The molecule has 5 heteroatoms. The average molecular weight is 314 g/mol. The van der Waals surface area contributed by atoms with Crippen LogP contribution in [0.25, 0.3) is 0 Å². The molecule has 1 aromatic heterocycles. The van der Waals surface area contributed by atoms with E-state index in [-0.39, 0.29) is 23.7 Å². The second-order valence-corrected chi connectivity index (χ2v) is 5.61. The molecule has 0 bridgehead atoms. The number of hydrogen-bond donors (Lipinski definition) is 1. The van der Waals surface area contributed by atoms with Gasteiger partial charge in [0, 0.05) is 31.0 Å². The van der Waals surface area contributed by atoms with Crippen LogP contribution in [0.3, 0.4) is 0 Å². The standard InChI is InChI=1S/C18H19FN2O2/c19-14-8-6-13(7-9-14)15(16-4-1-2-10-20-16)12-21-18(22)17-5-3-11-23-17/h1-2,4,6-10,15,17H,3,5,11-12H2,(H,21,22). The zero-order chi connectivity index (χ0) is 16.1. The van der Waals surface area contributed by atoms with Crippen molar-refractivity contribution in [2.75, 3.05) is 13.2 Å². The molecule has 1 aromatic carbocycles. The first-order chi connectivity index (χ1) is 11.2. The van der Waals surface area contributed by atoms with Crippen LogP contribution < -0.4 is 5.32 Å². The number of nitrogens with one attached hydrogen (secondary N) is 1. The highest BCUT2D eigenvalue weighted by atomic mass is 19.1. The average Bonchev–Trinajstić information content (AvgIpc) is 3.12. The number of carbonyl (C=O) groups is 1. The lowest BCUT2D eigenvalue weighted by Crippen LogP contribution is -2.37. The molecule has 0 aliphatic carbocycles. The van der Waals surface area contributed by atoms with E-state index in [1.54, 1.807) is 18.3 Å². The summed E-state index contributed by atoms with van der Waals surface area (Å²) in [5, 5.41) is 2.94. The van der Waals surface area contributed by atoms with Crippen molar-refractivity contribution in [3.05, 3.63) is 65.7 Å². The molecule has 0 saturated carbocycles. The van der Waals surface area contributed by atoms with Gasteiger partial charge in [-0.05, 0) is 42.7 Å². The van der Waals surface area contributed by atoms with E-state index in [1.165, 1.54) is 12.1 Å². The topological polar surface area (TPSA) is 51.2 Å². The lowest BCUT2D eigenvalue weighted by molar-refractivity contribution is -0.130. The number of halogens is 1. The van der Waals surface area contributed by atoms with E-state index in [4.69, 9.17) is 4.74 Å². The number of nitrogens with zero attached hydrogens (tertiary/aromatic N) is 1. The lowest BCUT2D eigenvalue weighted by atomic mass is 9.95. The molecule has 1 fully saturated rings. The van der Waals surface area contributed by atoms with Crippen molar-refractivity contribution in [1.29, 1.82) is 0 Å². The quantitative estimate of drug-likeness (QED) is 0.923. The molecule has 1 aliphatic heterocycles. The Labute approximate surface area is 134 Å². The Bertz CT molecular complexity index is 640. The van der Waals surface area contributed by atoms with Gasteiger partial charge in [0.05, 0.1) is 0 Å². The fourth-order valence-corrected chi connectivity index (χ4v) is 2.77. The number of pyridine rings is 1. The van der Waals surface area contributed by atoms with E-state index in [0.717, 1.165) is 24.1 Å². The molecule has 1 saturated heterocycles. The maximum absolute atomic E-state index is 13.2. The highest BCUT2D eigenvalue weighted by Gasteiger charge is 2.25. The second-order valence-electron chi connectivity index (χ2n) is 5.61. The zero-order valence-corrected chi connectivity index (χ0v) is 12.7. The van der Waals surface area contributed by atoms with Crippen molar-refractivity contribution < 1.29 is 13.9 Å². The molecular weight excluding hydrogens is 295 g/mol. The molecule has 0 spiro atoms. The number of rotatable bonds is 5.